The number of aliphatic hydroxyl groups excluding tert-OH is 1. The molecule has 0 unspecified atom stereocenters. The van der Waals surface area contributed by atoms with Gasteiger partial charge in [-0.2, -0.15) is 0 Å². The standard InChI is InChI=1S/C14H9ClO6S2/c15-8-1-3-9(4-2-8)23(20,21)14-10(5-6-22-14)11(16)7-12(17)13(18)19/h1-7,17H,(H,18,19). The minimum absolute atomic E-state index is 0.0511. The lowest BCUT2D eigenvalue weighted by atomic mass is 10.2. The molecule has 0 spiro atoms. The summed E-state index contributed by atoms with van der Waals surface area (Å²) in [6.07, 6.45) is 0.464. The Kier molecular flexibility index (Phi) is 4.88. The molecule has 0 radical (unpaired) electrons. The van der Waals surface area contributed by atoms with Gasteiger partial charge in [0.25, 0.3) is 0 Å². The number of ketones is 1. The number of carboxylic acid groups (broad SMARTS) is 1. The van der Waals surface area contributed by atoms with Crippen molar-refractivity contribution in [3.05, 3.63) is 58.1 Å². The lowest BCUT2D eigenvalue weighted by Crippen LogP contribution is -2.08. The maximum Gasteiger partial charge on any atom is 0.371 e. The van der Waals surface area contributed by atoms with E-state index in [1.54, 1.807) is 0 Å². The smallest absolute Gasteiger partial charge is 0.371 e. The number of rotatable bonds is 5. The second-order valence-corrected chi connectivity index (χ2v) is 7.78. The van der Waals surface area contributed by atoms with Crippen molar-refractivity contribution in [3.63, 3.8) is 0 Å². The number of aliphatic carboxylic acids is 1. The molecule has 1 aromatic heterocycles. The van der Waals surface area contributed by atoms with E-state index in [-0.39, 0.29) is 14.7 Å². The highest BCUT2D eigenvalue weighted by molar-refractivity contribution is 7.93. The van der Waals surface area contributed by atoms with Crippen LogP contribution in [0.25, 0.3) is 0 Å². The molecule has 2 N–H and O–H groups in total. The highest BCUT2D eigenvalue weighted by Crippen LogP contribution is 2.30. The molecular formula is C14H9ClO6S2. The summed E-state index contributed by atoms with van der Waals surface area (Å²) < 4.78 is 24.9. The SMILES string of the molecule is O=C(O)C(O)=CC(=O)c1ccsc1S(=O)(=O)c1ccc(Cl)cc1. The molecule has 6 nitrogen and oxygen atoms in total. The Morgan fingerprint density at radius 3 is 2.26 bits per heavy atom. The van der Waals surface area contributed by atoms with Crippen LogP contribution in [0.2, 0.25) is 5.02 Å². The molecule has 0 saturated heterocycles. The molecule has 2 rings (SSSR count). The van der Waals surface area contributed by atoms with Crippen LogP contribution in [0.3, 0.4) is 0 Å². The molecule has 1 aromatic carbocycles. The largest absolute Gasteiger partial charge is 0.502 e. The van der Waals surface area contributed by atoms with Gasteiger partial charge in [0, 0.05) is 11.1 Å². The average molecular weight is 373 g/mol. The summed E-state index contributed by atoms with van der Waals surface area (Å²) in [5.74, 6) is -3.77. The van der Waals surface area contributed by atoms with E-state index in [0.717, 1.165) is 11.3 Å². The number of thiophene rings is 1. The Hall–Kier alpha value is -2.16. The quantitative estimate of drug-likeness (QED) is 0.474. The maximum atomic E-state index is 12.6. The monoisotopic (exact) mass is 372 g/mol. The van der Waals surface area contributed by atoms with Gasteiger partial charge in [-0.15, -0.1) is 11.3 Å². The molecule has 0 saturated carbocycles. The summed E-state index contributed by atoms with van der Waals surface area (Å²) in [6.45, 7) is 0. The van der Waals surface area contributed by atoms with Gasteiger partial charge < -0.3 is 10.2 Å². The summed E-state index contributed by atoms with van der Waals surface area (Å²) in [5.41, 5.74) is -0.210. The van der Waals surface area contributed by atoms with Crippen LogP contribution in [0.4, 0.5) is 0 Å². The van der Waals surface area contributed by atoms with Gasteiger partial charge in [0.1, 0.15) is 4.21 Å². The van der Waals surface area contributed by atoms with Gasteiger partial charge in [0.05, 0.1) is 10.5 Å². The number of halogens is 1. The van der Waals surface area contributed by atoms with E-state index in [1.807, 2.05) is 0 Å². The van der Waals surface area contributed by atoms with Crippen LogP contribution in [-0.2, 0) is 14.6 Å². The van der Waals surface area contributed by atoms with Crippen LogP contribution in [0.1, 0.15) is 10.4 Å². The first kappa shape index (κ1) is 17.2. The molecule has 0 amide bonds. The summed E-state index contributed by atoms with van der Waals surface area (Å²) in [5, 5.41) is 19.4. The number of carbonyl (C=O) groups excluding carboxylic acids is 1. The van der Waals surface area contributed by atoms with Crippen molar-refractivity contribution >= 4 is 44.5 Å². The summed E-state index contributed by atoms with van der Waals surface area (Å²) in [4.78, 5) is 22.5. The van der Waals surface area contributed by atoms with Gasteiger partial charge in [0.15, 0.2) is 5.78 Å². The average Bonchev–Trinajstić information content (AvgIpc) is 2.97. The third-order valence-electron chi connectivity index (χ3n) is 2.75. The highest BCUT2D eigenvalue weighted by atomic mass is 35.5. The Bertz CT molecular complexity index is 894. The first-order valence-corrected chi connectivity index (χ1v) is 8.74. The van der Waals surface area contributed by atoms with E-state index in [2.05, 4.69) is 0 Å². The fourth-order valence-electron chi connectivity index (χ4n) is 1.67. The van der Waals surface area contributed by atoms with E-state index in [0.29, 0.717) is 11.1 Å². The van der Waals surface area contributed by atoms with Gasteiger partial charge in [-0.05, 0) is 35.7 Å². The number of benzene rings is 1. The molecule has 1 heterocycles. The summed E-state index contributed by atoms with van der Waals surface area (Å²) in [6, 6.07) is 6.66. The van der Waals surface area contributed by atoms with Crippen molar-refractivity contribution in [1.29, 1.82) is 0 Å². The second-order valence-electron chi connectivity index (χ2n) is 4.28. The highest BCUT2D eigenvalue weighted by Gasteiger charge is 2.26. The van der Waals surface area contributed by atoms with Gasteiger partial charge in [0.2, 0.25) is 15.6 Å². The normalized spacial score (nSPS) is 12.1. The number of carbonyl (C=O) groups is 2. The second kappa shape index (κ2) is 6.53. The van der Waals surface area contributed by atoms with Crippen molar-refractivity contribution in [1.82, 2.24) is 0 Å². The minimum atomic E-state index is -3.96. The van der Waals surface area contributed by atoms with Crippen LogP contribution in [0.5, 0.6) is 0 Å². The zero-order chi connectivity index (χ0) is 17.2. The maximum absolute atomic E-state index is 12.6. The number of sulfone groups is 1. The van der Waals surface area contributed by atoms with Crippen molar-refractivity contribution in [2.24, 2.45) is 0 Å². The lowest BCUT2D eigenvalue weighted by Gasteiger charge is -2.04. The van der Waals surface area contributed by atoms with E-state index in [1.165, 1.54) is 35.7 Å². The molecule has 9 heteroatoms. The van der Waals surface area contributed by atoms with E-state index in [4.69, 9.17) is 21.8 Å². The number of hydrogen-bond donors (Lipinski definition) is 2. The Labute approximate surface area is 140 Å². The van der Waals surface area contributed by atoms with Crippen molar-refractivity contribution in [2.45, 2.75) is 9.10 Å². The molecule has 23 heavy (non-hydrogen) atoms. The van der Waals surface area contributed by atoms with Crippen LogP contribution in [0.15, 0.2) is 56.7 Å². The summed E-state index contributed by atoms with van der Waals surface area (Å²) >= 11 is 6.54. The van der Waals surface area contributed by atoms with Gasteiger partial charge >= 0.3 is 5.97 Å². The number of carboxylic acids is 1. The van der Waals surface area contributed by atoms with Crippen molar-refractivity contribution in [3.8, 4) is 0 Å². The minimum Gasteiger partial charge on any atom is -0.502 e. The molecule has 2 aromatic rings. The van der Waals surface area contributed by atoms with Gasteiger partial charge in [-0.25, -0.2) is 13.2 Å². The Balaban J connectivity index is 2.49. The zero-order valence-corrected chi connectivity index (χ0v) is 13.7. The topological polar surface area (TPSA) is 109 Å². The molecule has 0 aliphatic heterocycles. The van der Waals surface area contributed by atoms with Gasteiger partial charge in [-0.3, -0.25) is 4.79 Å². The molecule has 0 aliphatic rings. The molecule has 0 aliphatic carbocycles. The van der Waals surface area contributed by atoms with E-state index in [9.17, 15) is 18.0 Å². The fourth-order valence-corrected chi connectivity index (χ4v) is 4.55. The fraction of sp³-hybridized carbons (Fsp3) is 0. The molecular weight excluding hydrogens is 364 g/mol. The van der Waals surface area contributed by atoms with Crippen LogP contribution >= 0.6 is 22.9 Å². The lowest BCUT2D eigenvalue weighted by molar-refractivity contribution is -0.135. The van der Waals surface area contributed by atoms with Crippen LogP contribution < -0.4 is 0 Å². The molecule has 0 atom stereocenters. The number of aliphatic hydroxyl groups is 1. The van der Waals surface area contributed by atoms with Gasteiger partial charge in [-0.1, -0.05) is 11.6 Å². The first-order valence-electron chi connectivity index (χ1n) is 6.00. The zero-order valence-electron chi connectivity index (χ0n) is 11.3. The number of hydrogen-bond acceptors (Lipinski definition) is 6. The molecule has 0 fully saturated rings. The molecule has 120 valence electrons. The number of allylic oxidation sites excluding steroid dienone is 1. The Morgan fingerprint density at radius 2 is 1.70 bits per heavy atom. The van der Waals surface area contributed by atoms with E-state index < -0.39 is 27.3 Å². The van der Waals surface area contributed by atoms with E-state index >= 15 is 0 Å². The predicted octanol–water partition coefficient (Wildman–Crippen LogP) is 2.94. The summed E-state index contributed by atoms with van der Waals surface area (Å²) in [7, 11) is -3.96. The third-order valence-corrected chi connectivity index (χ3v) is 6.26. The third kappa shape index (κ3) is 3.61. The van der Waals surface area contributed by atoms with Crippen LogP contribution in [0, 0.1) is 0 Å². The molecule has 0 bridgehead atoms. The first-order chi connectivity index (χ1) is 10.7. The van der Waals surface area contributed by atoms with Crippen molar-refractivity contribution < 1.29 is 28.2 Å². The predicted molar refractivity (Wildman–Crippen MR) is 83.9 cm³/mol. The van der Waals surface area contributed by atoms with Crippen LogP contribution in [-0.4, -0.2) is 30.4 Å². The van der Waals surface area contributed by atoms with Crippen molar-refractivity contribution in [2.75, 3.05) is 0 Å². The Morgan fingerprint density at radius 1 is 1.09 bits per heavy atom.